The molecule has 0 aliphatic carbocycles. The maximum atomic E-state index is 4.13. The molecule has 0 amide bonds. The molecule has 2 heteroatoms. The van der Waals surface area contributed by atoms with Gasteiger partial charge < -0.3 is 0 Å². The summed E-state index contributed by atoms with van der Waals surface area (Å²) in [7, 11) is 0. The molecule has 0 radical (unpaired) electrons. The molecule has 0 spiro atoms. The monoisotopic (exact) mass is 245 g/mol. The van der Waals surface area contributed by atoms with Gasteiger partial charge in [0, 0.05) is 9.77 Å². The Morgan fingerprint density at radius 2 is 2.40 bits per heavy atom. The fourth-order valence-corrected chi connectivity index (χ4v) is 1.17. The fraction of sp³-hybridized carbons (Fsp3) is 0.125. The first kappa shape index (κ1) is 7.72. The van der Waals surface area contributed by atoms with Crippen LogP contribution in [0.1, 0.15) is 11.3 Å². The summed E-state index contributed by atoms with van der Waals surface area (Å²) in [5.41, 5.74) is 2.19. The molecule has 0 saturated heterocycles. The smallest absolute Gasteiger partial charge is 0.0663 e. The van der Waals surface area contributed by atoms with Gasteiger partial charge in [-0.15, -0.1) is 0 Å². The van der Waals surface area contributed by atoms with Crippen molar-refractivity contribution in [2.45, 2.75) is 6.92 Å². The molecule has 0 unspecified atom stereocenters. The lowest BCUT2D eigenvalue weighted by atomic mass is 10.2. The summed E-state index contributed by atoms with van der Waals surface area (Å²) in [6.45, 7) is 5.71. The Labute approximate surface area is 74.3 Å². The van der Waals surface area contributed by atoms with Gasteiger partial charge in [0.1, 0.15) is 0 Å². The summed E-state index contributed by atoms with van der Waals surface area (Å²) in [5.74, 6) is 0. The number of pyridine rings is 1. The SMILES string of the molecule is C=Cc1nccc(I)c1C. The maximum Gasteiger partial charge on any atom is 0.0663 e. The zero-order valence-electron chi connectivity index (χ0n) is 5.76. The highest BCUT2D eigenvalue weighted by Gasteiger charge is 1.96. The second-order valence-corrected chi connectivity index (χ2v) is 3.17. The minimum absolute atomic E-state index is 0.979. The van der Waals surface area contributed by atoms with Crippen molar-refractivity contribution in [3.63, 3.8) is 0 Å². The van der Waals surface area contributed by atoms with Crippen molar-refractivity contribution in [3.8, 4) is 0 Å². The van der Waals surface area contributed by atoms with Gasteiger partial charge in [0.15, 0.2) is 0 Å². The van der Waals surface area contributed by atoms with Gasteiger partial charge in [-0.05, 0) is 47.2 Å². The number of nitrogens with zero attached hydrogens (tertiary/aromatic N) is 1. The zero-order valence-corrected chi connectivity index (χ0v) is 7.92. The van der Waals surface area contributed by atoms with E-state index in [1.54, 1.807) is 12.3 Å². The van der Waals surface area contributed by atoms with Crippen LogP contribution in [0.5, 0.6) is 0 Å². The largest absolute Gasteiger partial charge is 0.257 e. The first-order valence-corrected chi connectivity index (χ1v) is 4.07. The predicted molar refractivity (Wildman–Crippen MR) is 51.8 cm³/mol. The standard InChI is InChI=1S/C8H8IN/c1-3-8-6(2)7(9)4-5-10-8/h3-5H,1H2,2H3. The summed E-state index contributed by atoms with van der Waals surface area (Å²) in [6.07, 6.45) is 3.57. The number of hydrogen-bond acceptors (Lipinski definition) is 1. The van der Waals surface area contributed by atoms with E-state index in [1.807, 2.05) is 13.0 Å². The Morgan fingerprint density at radius 1 is 1.70 bits per heavy atom. The van der Waals surface area contributed by atoms with Crippen molar-refractivity contribution in [1.29, 1.82) is 0 Å². The van der Waals surface area contributed by atoms with Crippen LogP contribution in [0.3, 0.4) is 0 Å². The highest BCUT2D eigenvalue weighted by molar-refractivity contribution is 14.1. The summed E-state index contributed by atoms with van der Waals surface area (Å²) in [4.78, 5) is 4.13. The van der Waals surface area contributed by atoms with Gasteiger partial charge in [-0.2, -0.15) is 0 Å². The van der Waals surface area contributed by atoms with Gasteiger partial charge in [-0.1, -0.05) is 6.58 Å². The lowest BCUT2D eigenvalue weighted by molar-refractivity contribution is 1.22. The molecule has 1 aromatic heterocycles. The normalized spacial score (nSPS) is 9.40. The second-order valence-electron chi connectivity index (χ2n) is 2.01. The van der Waals surface area contributed by atoms with Crippen molar-refractivity contribution in [3.05, 3.63) is 33.7 Å². The molecular weight excluding hydrogens is 237 g/mol. The van der Waals surface area contributed by atoms with Crippen molar-refractivity contribution < 1.29 is 0 Å². The van der Waals surface area contributed by atoms with E-state index in [-0.39, 0.29) is 0 Å². The van der Waals surface area contributed by atoms with E-state index in [1.165, 1.54) is 9.13 Å². The van der Waals surface area contributed by atoms with Gasteiger partial charge in [-0.3, -0.25) is 4.98 Å². The van der Waals surface area contributed by atoms with Crippen LogP contribution in [0, 0.1) is 10.5 Å². The Balaban J connectivity index is 3.27. The van der Waals surface area contributed by atoms with Crippen LogP contribution in [0.4, 0.5) is 0 Å². The van der Waals surface area contributed by atoms with Crippen molar-refractivity contribution >= 4 is 28.7 Å². The molecule has 0 fully saturated rings. The van der Waals surface area contributed by atoms with Gasteiger partial charge in [-0.25, -0.2) is 0 Å². The lowest BCUT2D eigenvalue weighted by Crippen LogP contribution is -1.87. The molecule has 0 aliphatic heterocycles. The first-order valence-electron chi connectivity index (χ1n) is 2.99. The van der Waals surface area contributed by atoms with Gasteiger partial charge >= 0.3 is 0 Å². The van der Waals surface area contributed by atoms with E-state index in [0.29, 0.717) is 0 Å². The third-order valence-corrected chi connectivity index (χ3v) is 2.54. The molecule has 0 N–H and O–H groups in total. The van der Waals surface area contributed by atoms with E-state index in [4.69, 9.17) is 0 Å². The molecule has 52 valence electrons. The van der Waals surface area contributed by atoms with E-state index in [9.17, 15) is 0 Å². The Morgan fingerprint density at radius 3 is 2.90 bits per heavy atom. The Hall–Kier alpha value is -0.380. The minimum atomic E-state index is 0.979. The fourth-order valence-electron chi connectivity index (χ4n) is 0.733. The predicted octanol–water partition coefficient (Wildman–Crippen LogP) is 2.64. The quantitative estimate of drug-likeness (QED) is 0.693. The van der Waals surface area contributed by atoms with Gasteiger partial charge in [0.25, 0.3) is 0 Å². The molecule has 0 aromatic carbocycles. The highest BCUT2D eigenvalue weighted by atomic mass is 127. The molecule has 1 nitrogen and oxygen atoms in total. The number of rotatable bonds is 1. The summed E-state index contributed by atoms with van der Waals surface area (Å²) < 4.78 is 1.24. The molecule has 0 atom stereocenters. The first-order chi connectivity index (χ1) is 4.75. The Kier molecular flexibility index (Phi) is 2.43. The molecular formula is C8H8IN. The molecule has 10 heavy (non-hydrogen) atoms. The van der Waals surface area contributed by atoms with E-state index >= 15 is 0 Å². The number of aromatic nitrogens is 1. The van der Waals surface area contributed by atoms with E-state index in [2.05, 4.69) is 34.2 Å². The van der Waals surface area contributed by atoms with Crippen LogP contribution >= 0.6 is 22.6 Å². The van der Waals surface area contributed by atoms with Crippen LogP contribution in [0.2, 0.25) is 0 Å². The molecule has 1 rings (SSSR count). The summed E-state index contributed by atoms with van der Waals surface area (Å²) in [6, 6.07) is 1.99. The third kappa shape index (κ3) is 1.37. The lowest BCUT2D eigenvalue weighted by Gasteiger charge is -1.99. The average molecular weight is 245 g/mol. The van der Waals surface area contributed by atoms with Gasteiger partial charge in [0.05, 0.1) is 5.69 Å². The molecule has 1 heterocycles. The highest BCUT2D eigenvalue weighted by Crippen LogP contribution is 2.13. The zero-order chi connectivity index (χ0) is 7.56. The summed E-state index contributed by atoms with van der Waals surface area (Å²) in [5, 5.41) is 0. The van der Waals surface area contributed by atoms with Crippen LogP contribution in [0.25, 0.3) is 6.08 Å². The molecule has 1 aromatic rings. The van der Waals surface area contributed by atoms with E-state index < -0.39 is 0 Å². The van der Waals surface area contributed by atoms with Crippen molar-refractivity contribution in [2.24, 2.45) is 0 Å². The number of hydrogen-bond donors (Lipinski definition) is 0. The topological polar surface area (TPSA) is 12.9 Å². The Bertz CT molecular complexity index is 255. The second kappa shape index (κ2) is 3.14. The molecule has 0 bridgehead atoms. The summed E-state index contributed by atoms with van der Waals surface area (Å²) >= 11 is 2.29. The van der Waals surface area contributed by atoms with Crippen molar-refractivity contribution in [2.75, 3.05) is 0 Å². The van der Waals surface area contributed by atoms with E-state index in [0.717, 1.165) is 5.69 Å². The van der Waals surface area contributed by atoms with Crippen molar-refractivity contribution in [1.82, 2.24) is 4.98 Å². The number of halogens is 1. The van der Waals surface area contributed by atoms with Crippen LogP contribution < -0.4 is 0 Å². The van der Waals surface area contributed by atoms with Crippen LogP contribution in [0.15, 0.2) is 18.8 Å². The molecule has 0 aliphatic rings. The van der Waals surface area contributed by atoms with Crippen LogP contribution in [-0.4, -0.2) is 4.98 Å². The average Bonchev–Trinajstić information content (AvgIpc) is 1.95. The maximum absolute atomic E-state index is 4.13. The molecule has 0 saturated carbocycles. The third-order valence-electron chi connectivity index (χ3n) is 1.37. The minimum Gasteiger partial charge on any atom is -0.257 e. The van der Waals surface area contributed by atoms with Crippen LogP contribution in [-0.2, 0) is 0 Å². The van der Waals surface area contributed by atoms with Gasteiger partial charge in [0.2, 0.25) is 0 Å².